The summed E-state index contributed by atoms with van der Waals surface area (Å²) in [6, 6.07) is 14.0. The van der Waals surface area contributed by atoms with Gasteiger partial charge in [-0.1, -0.05) is 12.1 Å². The molecular formula is C27H16F4N6O. The Hall–Kier alpha value is -5.11. The van der Waals surface area contributed by atoms with Crippen molar-refractivity contribution in [3.05, 3.63) is 96.0 Å². The molecule has 0 aliphatic rings. The van der Waals surface area contributed by atoms with Gasteiger partial charge in [0.25, 0.3) is 0 Å². The molecule has 5 aromatic rings. The van der Waals surface area contributed by atoms with Crippen LogP contribution in [0.25, 0.3) is 33.4 Å². The van der Waals surface area contributed by atoms with E-state index >= 15 is 4.39 Å². The zero-order valence-electron chi connectivity index (χ0n) is 19.3. The number of hydrogen-bond donors (Lipinski definition) is 2. The Morgan fingerprint density at radius 3 is 2.61 bits per heavy atom. The van der Waals surface area contributed by atoms with Gasteiger partial charge in [0.05, 0.1) is 23.9 Å². The number of carbonyl (C=O) groups is 1. The lowest BCUT2D eigenvalue weighted by Gasteiger charge is -2.10. The third-order valence-corrected chi connectivity index (χ3v) is 5.71. The van der Waals surface area contributed by atoms with Crippen molar-refractivity contribution in [3.63, 3.8) is 0 Å². The van der Waals surface area contributed by atoms with Crippen LogP contribution in [-0.2, 0) is 17.4 Å². The van der Waals surface area contributed by atoms with Crippen LogP contribution < -0.4 is 5.32 Å². The van der Waals surface area contributed by atoms with Gasteiger partial charge in [-0.25, -0.2) is 14.4 Å². The van der Waals surface area contributed by atoms with Gasteiger partial charge in [0.1, 0.15) is 23.2 Å². The van der Waals surface area contributed by atoms with Crippen molar-refractivity contribution in [1.82, 2.24) is 19.9 Å². The maximum Gasteiger partial charge on any atom is 0.417 e. The second-order valence-electron chi connectivity index (χ2n) is 8.39. The van der Waals surface area contributed by atoms with Gasteiger partial charge < -0.3 is 10.3 Å². The fourth-order valence-corrected chi connectivity index (χ4v) is 3.93. The number of fused-ring (bicyclic) bond motifs is 1. The number of hydrogen-bond acceptors (Lipinski definition) is 5. The molecule has 0 saturated heterocycles. The van der Waals surface area contributed by atoms with Crippen LogP contribution in [-0.4, -0.2) is 25.8 Å². The van der Waals surface area contributed by atoms with Gasteiger partial charge in [0, 0.05) is 46.4 Å². The summed E-state index contributed by atoms with van der Waals surface area (Å²) >= 11 is 0. The van der Waals surface area contributed by atoms with Gasteiger partial charge >= 0.3 is 6.18 Å². The number of H-pyrrole nitrogens is 1. The number of nitrogens with one attached hydrogen (secondary N) is 2. The molecule has 38 heavy (non-hydrogen) atoms. The quantitative estimate of drug-likeness (QED) is 0.283. The highest BCUT2D eigenvalue weighted by atomic mass is 19.4. The summed E-state index contributed by atoms with van der Waals surface area (Å²) in [6.07, 6.45) is -0.0281. The van der Waals surface area contributed by atoms with Crippen molar-refractivity contribution in [2.24, 2.45) is 0 Å². The molecule has 4 heterocycles. The molecule has 188 valence electrons. The predicted molar refractivity (Wildman–Crippen MR) is 131 cm³/mol. The average Bonchev–Trinajstić information content (AvgIpc) is 3.32. The van der Waals surface area contributed by atoms with E-state index in [9.17, 15) is 18.0 Å². The van der Waals surface area contributed by atoms with E-state index < -0.39 is 23.5 Å². The Balaban J connectivity index is 1.33. The monoisotopic (exact) mass is 516 g/mol. The Labute approximate surface area is 212 Å². The molecule has 0 saturated carbocycles. The highest BCUT2D eigenvalue weighted by Crippen LogP contribution is 2.31. The number of pyridine rings is 3. The van der Waals surface area contributed by atoms with E-state index in [0.717, 1.165) is 28.9 Å². The topological polar surface area (TPSA) is 107 Å². The van der Waals surface area contributed by atoms with E-state index in [4.69, 9.17) is 5.26 Å². The fourth-order valence-electron chi connectivity index (χ4n) is 3.93. The first kappa shape index (κ1) is 24.6. The van der Waals surface area contributed by atoms with Crippen LogP contribution in [0.2, 0.25) is 0 Å². The molecule has 7 nitrogen and oxygen atoms in total. The number of carbonyl (C=O) groups excluding carboxylic acids is 1. The number of anilines is 1. The maximum atomic E-state index is 15.0. The van der Waals surface area contributed by atoms with Crippen LogP contribution in [0.4, 0.5) is 23.2 Å². The number of alkyl halides is 3. The molecule has 2 N–H and O–H groups in total. The van der Waals surface area contributed by atoms with E-state index in [1.165, 1.54) is 24.5 Å². The average molecular weight is 516 g/mol. The van der Waals surface area contributed by atoms with Crippen molar-refractivity contribution in [1.29, 1.82) is 5.26 Å². The first-order chi connectivity index (χ1) is 18.2. The normalized spacial score (nSPS) is 11.3. The minimum Gasteiger partial charge on any atom is -0.339 e. The van der Waals surface area contributed by atoms with Crippen LogP contribution in [0.3, 0.4) is 0 Å². The van der Waals surface area contributed by atoms with Crippen molar-refractivity contribution in [2.75, 3.05) is 5.32 Å². The van der Waals surface area contributed by atoms with E-state index in [-0.39, 0.29) is 23.4 Å². The van der Waals surface area contributed by atoms with E-state index in [1.54, 1.807) is 24.3 Å². The highest BCUT2D eigenvalue weighted by molar-refractivity contribution is 5.92. The fraction of sp³-hybridized carbons (Fsp3) is 0.0741. The van der Waals surface area contributed by atoms with Crippen LogP contribution in [0, 0.1) is 17.1 Å². The summed E-state index contributed by atoms with van der Waals surface area (Å²) in [5, 5.41) is 12.2. The summed E-state index contributed by atoms with van der Waals surface area (Å²) < 4.78 is 53.6. The summed E-state index contributed by atoms with van der Waals surface area (Å²) in [6.45, 7) is 0. The van der Waals surface area contributed by atoms with Gasteiger partial charge in [-0.3, -0.25) is 9.78 Å². The van der Waals surface area contributed by atoms with Gasteiger partial charge in [-0.05, 0) is 42.0 Å². The smallest absolute Gasteiger partial charge is 0.339 e. The Bertz CT molecular complexity index is 1720. The first-order valence-corrected chi connectivity index (χ1v) is 11.2. The first-order valence-electron chi connectivity index (χ1n) is 11.2. The van der Waals surface area contributed by atoms with Gasteiger partial charge in [-0.15, -0.1) is 0 Å². The predicted octanol–water partition coefficient (Wildman–Crippen LogP) is 5.90. The maximum absolute atomic E-state index is 15.0. The van der Waals surface area contributed by atoms with Gasteiger partial charge in [-0.2, -0.15) is 18.4 Å². The lowest BCUT2D eigenvalue weighted by molar-refractivity contribution is -0.137. The molecular weight excluding hydrogens is 500 g/mol. The number of rotatable bonds is 5. The van der Waals surface area contributed by atoms with Crippen LogP contribution in [0.1, 0.15) is 16.8 Å². The number of nitriles is 1. The molecule has 0 radical (unpaired) electrons. The number of halogens is 4. The summed E-state index contributed by atoms with van der Waals surface area (Å²) in [4.78, 5) is 27.3. The van der Waals surface area contributed by atoms with Crippen molar-refractivity contribution < 1.29 is 22.4 Å². The second kappa shape index (κ2) is 9.74. The zero-order chi connectivity index (χ0) is 26.9. The Kier molecular flexibility index (Phi) is 6.30. The van der Waals surface area contributed by atoms with Crippen molar-refractivity contribution in [2.45, 2.75) is 12.6 Å². The van der Waals surface area contributed by atoms with Gasteiger partial charge in [0.15, 0.2) is 0 Å². The molecule has 0 fully saturated rings. The molecule has 0 spiro atoms. The Morgan fingerprint density at radius 2 is 1.84 bits per heavy atom. The van der Waals surface area contributed by atoms with Crippen molar-refractivity contribution >= 4 is 22.6 Å². The molecule has 0 bridgehead atoms. The molecule has 0 aliphatic heterocycles. The molecule has 11 heteroatoms. The number of amides is 1. The molecule has 0 atom stereocenters. The molecule has 1 amide bonds. The largest absolute Gasteiger partial charge is 0.417 e. The molecule has 0 aliphatic carbocycles. The SMILES string of the molecule is N#Cc1cc(-c2cc3cc(-c4ccc(CC(=O)Nc5cncc(C(F)(F)F)c5)cc4F)cnc3[nH]2)ccn1. The number of aromatic amines is 1. The second-order valence-corrected chi connectivity index (χ2v) is 8.39. The van der Waals surface area contributed by atoms with Crippen molar-refractivity contribution in [3.8, 4) is 28.5 Å². The van der Waals surface area contributed by atoms with E-state index in [1.807, 2.05) is 12.1 Å². The number of benzene rings is 1. The number of nitrogens with zero attached hydrogens (tertiary/aromatic N) is 4. The lowest BCUT2D eigenvalue weighted by Crippen LogP contribution is -2.15. The van der Waals surface area contributed by atoms with E-state index in [0.29, 0.717) is 23.0 Å². The lowest BCUT2D eigenvalue weighted by atomic mass is 10.0. The van der Waals surface area contributed by atoms with Gasteiger partial charge in [0.2, 0.25) is 5.91 Å². The molecule has 4 aromatic heterocycles. The molecule has 1 aromatic carbocycles. The van der Waals surface area contributed by atoms with Crippen LogP contribution >= 0.6 is 0 Å². The standard InChI is InChI=1S/C27H16F4N6O/c28-23-5-15(6-25(38)36-21-10-19(13-33-14-21)27(29,30)31)1-2-22(23)18-7-17-9-24(37-26(17)35-12-18)16-3-4-34-20(8-16)11-32/h1-5,7-10,12-14H,6H2,(H,35,37)(H,36,38). The minimum absolute atomic E-state index is 0.109. The number of aromatic nitrogens is 4. The van der Waals surface area contributed by atoms with Crippen LogP contribution in [0.15, 0.2) is 73.3 Å². The van der Waals surface area contributed by atoms with Crippen LogP contribution in [0.5, 0.6) is 0 Å². The Morgan fingerprint density at radius 1 is 1.00 bits per heavy atom. The third-order valence-electron chi connectivity index (χ3n) is 5.71. The summed E-state index contributed by atoms with van der Waals surface area (Å²) in [5.41, 5.74) is 2.36. The minimum atomic E-state index is -4.59. The highest BCUT2D eigenvalue weighted by Gasteiger charge is 2.31. The molecule has 0 unspecified atom stereocenters. The summed E-state index contributed by atoms with van der Waals surface area (Å²) in [5.74, 6) is -1.20. The molecule has 5 rings (SSSR count). The van der Waals surface area contributed by atoms with E-state index in [2.05, 4.69) is 25.3 Å². The third kappa shape index (κ3) is 5.19. The summed E-state index contributed by atoms with van der Waals surface area (Å²) in [7, 11) is 0. The zero-order valence-corrected chi connectivity index (χ0v) is 19.3.